The summed E-state index contributed by atoms with van der Waals surface area (Å²) in [5, 5.41) is 11.4. The first-order valence-corrected chi connectivity index (χ1v) is 8.91. The number of aryl methyl sites for hydroxylation is 2. The van der Waals surface area contributed by atoms with Crippen LogP contribution in [0.3, 0.4) is 0 Å². The fraction of sp³-hybridized carbons (Fsp3) is 0.625. The number of amides is 1. The van der Waals surface area contributed by atoms with Gasteiger partial charge >= 0.3 is 0 Å². The third-order valence-corrected chi connectivity index (χ3v) is 4.98. The Hall–Kier alpha value is -1.76. The van der Waals surface area contributed by atoms with Gasteiger partial charge in [-0.3, -0.25) is 4.79 Å². The SMILES string of the molecule is Cc1nc(CC(=O)N2Cc3nnc(C)n3[C@@H](CC(C)C)C2)cs1. The summed E-state index contributed by atoms with van der Waals surface area (Å²) >= 11 is 1.59. The minimum absolute atomic E-state index is 0.121. The molecule has 0 unspecified atom stereocenters. The Morgan fingerprint density at radius 3 is 2.83 bits per heavy atom. The molecule has 0 bridgehead atoms. The second kappa shape index (κ2) is 6.39. The van der Waals surface area contributed by atoms with E-state index in [4.69, 9.17) is 0 Å². The smallest absolute Gasteiger partial charge is 0.229 e. The van der Waals surface area contributed by atoms with Gasteiger partial charge in [-0.2, -0.15) is 0 Å². The molecule has 0 aliphatic carbocycles. The lowest BCUT2D eigenvalue weighted by Crippen LogP contribution is -2.42. The normalized spacial score (nSPS) is 17.6. The van der Waals surface area contributed by atoms with Gasteiger partial charge in [0.25, 0.3) is 0 Å². The van der Waals surface area contributed by atoms with E-state index in [0.29, 0.717) is 18.9 Å². The lowest BCUT2D eigenvalue weighted by molar-refractivity contribution is -0.132. The van der Waals surface area contributed by atoms with Crippen LogP contribution in [0.2, 0.25) is 0 Å². The van der Waals surface area contributed by atoms with Gasteiger partial charge in [-0.15, -0.1) is 21.5 Å². The van der Waals surface area contributed by atoms with Crippen molar-refractivity contribution in [3.8, 4) is 0 Å². The molecule has 0 radical (unpaired) electrons. The van der Waals surface area contributed by atoms with Crippen LogP contribution in [0.15, 0.2) is 5.38 Å². The van der Waals surface area contributed by atoms with Crippen molar-refractivity contribution in [1.29, 1.82) is 0 Å². The Labute approximate surface area is 140 Å². The second-order valence-electron chi connectivity index (χ2n) is 6.63. The predicted octanol–water partition coefficient (Wildman–Crippen LogP) is 2.52. The molecule has 2 aromatic rings. The van der Waals surface area contributed by atoms with E-state index in [1.807, 2.05) is 24.1 Å². The lowest BCUT2D eigenvalue weighted by atomic mass is 10.0. The topological polar surface area (TPSA) is 63.9 Å². The molecule has 3 rings (SSSR count). The Balaban J connectivity index is 1.78. The number of carbonyl (C=O) groups is 1. The number of hydrogen-bond acceptors (Lipinski definition) is 5. The van der Waals surface area contributed by atoms with Crippen molar-refractivity contribution >= 4 is 17.2 Å². The zero-order valence-electron chi connectivity index (χ0n) is 14.1. The van der Waals surface area contributed by atoms with Crippen LogP contribution >= 0.6 is 11.3 Å². The number of rotatable bonds is 4. The van der Waals surface area contributed by atoms with E-state index >= 15 is 0 Å². The molecule has 1 aliphatic rings. The van der Waals surface area contributed by atoms with Gasteiger partial charge in [-0.05, 0) is 26.2 Å². The van der Waals surface area contributed by atoms with Crippen LogP contribution in [-0.4, -0.2) is 37.1 Å². The molecule has 0 spiro atoms. The summed E-state index contributed by atoms with van der Waals surface area (Å²) in [5.41, 5.74) is 0.862. The number of thiazole rings is 1. The quantitative estimate of drug-likeness (QED) is 0.862. The summed E-state index contributed by atoms with van der Waals surface area (Å²) in [6, 6.07) is 0.259. The highest BCUT2D eigenvalue weighted by molar-refractivity contribution is 7.09. The molecular formula is C16H23N5OS. The van der Waals surface area contributed by atoms with Gasteiger partial charge in [0.2, 0.25) is 5.91 Å². The Morgan fingerprint density at radius 2 is 2.17 bits per heavy atom. The summed E-state index contributed by atoms with van der Waals surface area (Å²) in [5.74, 6) is 2.51. The zero-order chi connectivity index (χ0) is 16.6. The number of carbonyl (C=O) groups excluding carboxylic acids is 1. The largest absolute Gasteiger partial charge is 0.333 e. The van der Waals surface area contributed by atoms with Crippen LogP contribution in [0, 0.1) is 19.8 Å². The maximum absolute atomic E-state index is 12.7. The van der Waals surface area contributed by atoms with Gasteiger partial charge < -0.3 is 9.47 Å². The summed E-state index contributed by atoms with van der Waals surface area (Å²) in [6.07, 6.45) is 1.39. The molecule has 1 aliphatic heterocycles. The number of hydrogen-bond donors (Lipinski definition) is 0. The Kier molecular flexibility index (Phi) is 4.48. The molecule has 0 saturated carbocycles. The van der Waals surface area contributed by atoms with Gasteiger partial charge in [0, 0.05) is 11.9 Å². The van der Waals surface area contributed by atoms with E-state index in [1.54, 1.807) is 11.3 Å². The van der Waals surface area contributed by atoms with Crippen molar-refractivity contribution in [3.05, 3.63) is 27.7 Å². The highest BCUT2D eigenvalue weighted by Crippen LogP contribution is 2.27. The Morgan fingerprint density at radius 1 is 1.39 bits per heavy atom. The molecule has 0 saturated heterocycles. The number of fused-ring (bicyclic) bond motifs is 1. The molecule has 6 nitrogen and oxygen atoms in total. The zero-order valence-corrected chi connectivity index (χ0v) is 14.9. The first kappa shape index (κ1) is 16.1. The summed E-state index contributed by atoms with van der Waals surface area (Å²) in [4.78, 5) is 19.0. The first-order valence-electron chi connectivity index (χ1n) is 8.03. The molecule has 1 atom stereocenters. The van der Waals surface area contributed by atoms with Gasteiger partial charge in [0.05, 0.1) is 29.7 Å². The average molecular weight is 333 g/mol. The van der Waals surface area contributed by atoms with Gasteiger partial charge in [0.15, 0.2) is 5.82 Å². The van der Waals surface area contributed by atoms with Crippen molar-refractivity contribution in [2.45, 2.75) is 53.1 Å². The molecule has 1 amide bonds. The van der Waals surface area contributed by atoms with E-state index < -0.39 is 0 Å². The van der Waals surface area contributed by atoms with Crippen LogP contribution in [0.1, 0.15) is 48.7 Å². The van der Waals surface area contributed by atoms with Crippen molar-refractivity contribution < 1.29 is 4.79 Å². The van der Waals surface area contributed by atoms with Crippen LogP contribution in [0.5, 0.6) is 0 Å². The third kappa shape index (κ3) is 3.44. The van der Waals surface area contributed by atoms with Crippen molar-refractivity contribution in [3.63, 3.8) is 0 Å². The average Bonchev–Trinajstić information content (AvgIpc) is 3.05. The maximum atomic E-state index is 12.7. The highest BCUT2D eigenvalue weighted by atomic mass is 32.1. The molecule has 23 heavy (non-hydrogen) atoms. The van der Waals surface area contributed by atoms with Crippen molar-refractivity contribution in [2.75, 3.05) is 6.54 Å². The molecule has 3 heterocycles. The fourth-order valence-electron chi connectivity index (χ4n) is 3.24. The van der Waals surface area contributed by atoms with Crippen LogP contribution in [0.25, 0.3) is 0 Å². The molecule has 0 N–H and O–H groups in total. The standard InChI is InChI=1S/C16H23N5OS/c1-10(2)5-14-7-20(8-15-19-18-11(3)21(14)15)16(22)6-13-9-23-12(4)17-13/h9-10,14H,5-8H2,1-4H3/t14-/m0/s1. The highest BCUT2D eigenvalue weighted by Gasteiger charge is 2.31. The van der Waals surface area contributed by atoms with E-state index in [9.17, 15) is 4.79 Å². The number of aromatic nitrogens is 4. The molecular weight excluding hydrogens is 310 g/mol. The summed E-state index contributed by atoms with van der Waals surface area (Å²) in [6.45, 7) is 9.63. The molecule has 0 aromatic carbocycles. The molecule has 2 aromatic heterocycles. The first-order chi connectivity index (χ1) is 10.9. The van der Waals surface area contributed by atoms with E-state index in [-0.39, 0.29) is 11.9 Å². The Bertz CT molecular complexity index is 705. The lowest BCUT2D eigenvalue weighted by Gasteiger charge is -2.35. The van der Waals surface area contributed by atoms with E-state index in [1.165, 1.54) is 0 Å². The van der Waals surface area contributed by atoms with Gasteiger partial charge in [0.1, 0.15) is 5.82 Å². The van der Waals surface area contributed by atoms with Crippen LogP contribution in [-0.2, 0) is 17.8 Å². The van der Waals surface area contributed by atoms with Gasteiger partial charge in [-0.1, -0.05) is 13.8 Å². The van der Waals surface area contributed by atoms with Crippen LogP contribution < -0.4 is 0 Å². The summed E-state index contributed by atoms with van der Waals surface area (Å²) in [7, 11) is 0. The van der Waals surface area contributed by atoms with E-state index in [2.05, 4.69) is 33.6 Å². The van der Waals surface area contributed by atoms with Gasteiger partial charge in [-0.25, -0.2) is 4.98 Å². The van der Waals surface area contributed by atoms with Crippen molar-refractivity contribution in [1.82, 2.24) is 24.6 Å². The van der Waals surface area contributed by atoms with E-state index in [0.717, 1.165) is 35.3 Å². The fourth-order valence-corrected chi connectivity index (χ4v) is 3.85. The third-order valence-electron chi connectivity index (χ3n) is 4.16. The molecule has 0 fully saturated rings. The minimum Gasteiger partial charge on any atom is -0.333 e. The number of nitrogens with zero attached hydrogens (tertiary/aromatic N) is 5. The second-order valence-corrected chi connectivity index (χ2v) is 7.69. The maximum Gasteiger partial charge on any atom is 0.229 e. The molecule has 124 valence electrons. The monoisotopic (exact) mass is 333 g/mol. The summed E-state index contributed by atoms with van der Waals surface area (Å²) < 4.78 is 2.21. The predicted molar refractivity (Wildman–Crippen MR) is 89.2 cm³/mol. The van der Waals surface area contributed by atoms with Crippen molar-refractivity contribution in [2.24, 2.45) is 5.92 Å². The molecule has 7 heteroatoms. The van der Waals surface area contributed by atoms with Crippen LogP contribution in [0.4, 0.5) is 0 Å². The minimum atomic E-state index is 0.121.